The standard InChI is InChI=1S/C7H12O2/c1-6(2)7(3,4)9-5-8/h5H,1H2,2-4H3. The van der Waals surface area contributed by atoms with Gasteiger partial charge < -0.3 is 4.74 Å². The van der Waals surface area contributed by atoms with Gasteiger partial charge in [0.05, 0.1) is 0 Å². The average molecular weight is 128 g/mol. The monoisotopic (exact) mass is 128 g/mol. The van der Waals surface area contributed by atoms with Gasteiger partial charge in [0.1, 0.15) is 5.60 Å². The van der Waals surface area contributed by atoms with Gasteiger partial charge in [0, 0.05) is 0 Å². The molecule has 0 saturated carbocycles. The lowest BCUT2D eigenvalue weighted by Gasteiger charge is -2.22. The van der Waals surface area contributed by atoms with Crippen LogP contribution in [-0.2, 0) is 9.53 Å². The molecule has 0 aromatic carbocycles. The first-order valence-electron chi connectivity index (χ1n) is 2.78. The van der Waals surface area contributed by atoms with Crippen LogP contribution in [0.3, 0.4) is 0 Å². The highest BCUT2D eigenvalue weighted by Crippen LogP contribution is 2.16. The number of carbonyl (C=O) groups is 1. The molecule has 0 N–H and O–H groups in total. The van der Waals surface area contributed by atoms with Crippen LogP contribution in [0.4, 0.5) is 0 Å². The molecule has 0 atom stereocenters. The minimum Gasteiger partial charge on any atom is -0.457 e. The Balaban J connectivity index is 4.00. The van der Waals surface area contributed by atoms with E-state index in [0.717, 1.165) is 5.57 Å². The van der Waals surface area contributed by atoms with Gasteiger partial charge >= 0.3 is 0 Å². The van der Waals surface area contributed by atoms with Crippen molar-refractivity contribution in [2.45, 2.75) is 26.4 Å². The van der Waals surface area contributed by atoms with Gasteiger partial charge in [0.2, 0.25) is 0 Å². The highest BCUT2D eigenvalue weighted by molar-refractivity contribution is 5.39. The van der Waals surface area contributed by atoms with Gasteiger partial charge in [0.25, 0.3) is 6.47 Å². The van der Waals surface area contributed by atoms with Crippen LogP contribution < -0.4 is 0 Å². The van der Waals surface area contributed by atoms with Crippen LogP contribution in [-0.4, -0.2) is 12.1 Å². The second-order valence-corrected chi connectivity index (χ2v) is 2.50. The van der Waals surface area contributed by atoms with E-state index in [1.807, 2.05) is 6.92 Å². The molecule has 0 aliphatic heterocycles. The SMILES string of the molecule is C=C(C)C(C)(C)OC=O. The first-order chi connectivity index (χ1) is 4.00. The van der Waals surface area contributed by atoms with Crippen molar-refractivity contribution in [2.24, 2.45) is 0 Å². The second kappa shape index (κ2) is 2.67. The lowest BCUT2D eigenvalue weighted by molar-refractivity contribution is -0.137. The summed E-state index contributed by atoms with van der Waals surface area (Å²) in [6, 6.07) is 0. The molecule has 0 radical (unpaired) electrons. The van der Waals surface area contributed by atoms with Gasteiger partial charge in [-0.3, -0.25) is 4.79 Å². The Morgan fingerprint density at radius 2 is 2.11 bits per heavy atom. The Labute approximate surface area is 55.5 Å². The number of carbonyl (C=O) groups excluding carboxylic acids is 1. The molecule has 0 aliphatic rings. The van der Waals surface area contributed by atoms with E-state index in [0.29, 0.717) is 6.47 Å². The molecule has 0 spiro atoms. The van der Waals surface area contributed by atoms with Crippen LogP contribution in [0.1, 0.15) is 20.8 Å². The third kappa shape index (κ3) is 2.31. The zero-order chi connectivity index (χ0) is 7.49. The molecule has 2 nitrogen and oxygen atoms in total. The molecule has 0 bridgehead atoms. The number of hydrogen-bond acceptors (Lipinski definition) is 2. The van der Waals surface area contributed by atoms with E-state index in [-0.39, 0.29) is 0 Å². The van der Waals surface area contributed by atoms with Crippen molar-refractivity contribution in [1.29, 1.82) is 0 Å². The topological polar surface area (TPSA) is 26.3 Å². The molecule has 9 heavy (non-hydrogen) atoms. The third-order valence-electron chi connectivity index (χ3n) is 1.37. The maximum absolute atomic E-state index is 9.86. The van der Waals surface area contributed by atoms with E-state index in [4.69, 9.17) is 4.74 Å². The van der Waals surface area contributed by atoms with Gasteiger partial charge in [-0.1, -0.05) is 6.58 Å². The minimum absolute atomic E-state index is 0.439. The summed E-state index contributed by atoms with van der Waals surface area (Å²) in [5, 5.41) is 0. The third-order valence-corrected chi connectivity index (χ3v) is 1.37. The first kappa shape index (κ1) is 8.21. The molecule has 0 fully saturated rings. The van der Waals surface area contributed by atoms with E-state index in [9.17, 15) is 4.79 Å². The van der Waals surface area contributed by atoms with Crippen molar-refractivity contribution >= 4 is 6.47 Å². The molecule has 2 heteroatoms. The van der Waals surface area contributed by atoms with Crippen LogP contribution in [0, 0.1) is 0 Å². The summed E-state index contributed by atoms with van der Waals surface area (Å²) >= 11 is 0. The predicted octanol–water partition coefficient (Wildman–Crippen LogP) is 1.51. The van der Waals surface area contributed by atoms with Gasteiger partial charge in [-0.2, -0.15) is 0 Å². The number of rotatable bonds is 3. The summed E-state index contributed by atoms with van der Waals surface area (Å²) in [4.78, 5) is 9.86. The summed E-state index contributed by atoms with van der Waals surface area (Å²) in [7, 11) is 0. The van der Waals surface area contributed by atoms with Gasteiger partial charge in [-0.05, 0) is 26.3 Å². The zero-order valence-corrected chi connectivity index (χ0v) is 6.10. The molecule has 0 rings (SSSR count). The van der Waals surface area contributed by atoms with Crippen LogP contribution in [0.2, 0.25) is 0 Å². The molecule has 0 saturated heterocycles. The fraction of sp³-hybridized carbons (Fsp3) is 0.571. The Morgan fingerprint density at radius 1 is 1.67 bits per heavy atom. The van der Waals surface area contributed by atoms with Gasteiger partial charge in [0.15, 0.2) is 0 Å². The van der Waals surface area contributed by atoms with Crippen molar-refractivity contribution < 1.29 is 9.53 Å². The van der Waals surface area contributed by atoms with E-state index >= 15 is 0 Å². The predicted molar refractivity (Wildman–Crippen MR) is 36.0 cm³/mol. The Kier molecular flexibility index (Phi) is 2.43. The lowest BCUT2D eigenvalue weighted by atomic mass is 10.0. The summed E-state index contributed by atoms with van der Waals surface area (Å²) < 4.78 is 4.71. The van der Waals surface area contributed by atoms with Gasteiger partial charge in [-0.15, -0.1) is 0 Å². The van der Waals surface area contributed by atoms with Gasteiger partial charge in [-0.25, -0.2) is 0 Å². The number of hydrogen-bond donors (Lipinski definition) is 0. The average Bonchev–Trinajstić information content (AvgIpc) is 1.65. The van der Waals surface area contributed by atoms with Crippen LogP contribution >= 0.6 is 0 Å². The molecular weight excluding hydrogens is 116 g/mol. The van der Waals surface area contributed by atoms with Crippen molar-refractivity contribution in [3.8, 4) is 0 Å². The molecule has 0 unspecified atom stereocenters. The maximum atomic E-state index is 9.86. The second-order valence-electron chi connectivity index (χ2n) is 2.50. The van der Waals surface area contributed by atoms with E-state index < -0.39 is 5.60 Å². The highest BCUT2D eigenvalue weighted by atomic mass is 16.5. The minimum atomic E-state index is -0.512. The first-order valence-corrected chi connectivity index (χ1v) is 2.78. The lowest BCUT2D eigenvalue weighted by Crippen LogP contribution is -2.24. The molecule has 0 aromatic rings. The van der Waals surface area contributed by atoms with Crippen LogP contribution in [0.15, 0.2) is 12.2 Å². The number of ether oxygens (including phenoxy) is 1. The molecule has 0 amide bonds. The Bertz CT molecular complexity index is 125. The maximum Gasteiger partial charge on any atom is 0.293 e. The van der Waals surface area contributed by atoms with Crippen molar-refractivity contribution in [2.75, 3.05) is 0 Å². The molecule has 0 heterocycles. The van der Waals surface area contributed by atoms with Crippen LogP contribution in [0.25, 0.3) is 0 Å². The Morgan fingerprint density at radius 3 is 2.22 bits per heavy atom. The zero-order valence-electron chi connectivity index (χ0n) is 6.10. The van der Waals surface area contributed by atoms with Crippen LogP contribution in [0.5, 0.6) is 0 Å². The summed E-state index contributed by atoms with van der Waals surface area (Å²) in [5.74, 6) is 0. The van der Waals surface area contributed by atoms with Crippen molar-refractivity contribution in [1.82, 2.24) is 0 Å². The van der Waals surface area contributed by atoms with Crippen molar-refractivity contribution in [3.05, 3.63) is 12.2 Å². The summed E-state index contributed by atoms with van der Waals surface area (Å²) in [6.07, 6.45) is 0. The fourth-order valence-electron chi connectivity index (χ4n) is 0.221. The molecule has 52 valence electrons. The summed E-state index contributed by atoms with van der Waals surface area (Å²) in [5.41, 5.74) is 0.330. The largest absolute Gasteiger partial charge is 0.457 e. The summed E-state index contributed by atoms with van der Waals surface area (Å²) in [6.45, 7) is 9.51. The van der Waals surface area contributed by atoms with Crippen molar-refractivity contribution in [3.63, 3.8) is 0 Å². The van der Waals surface area contributed by atoms with E-state index in [1.165, 1.54) is 0 Å². The normalized spacial score (nSPS) is 10.6. The molecule has 0 aromatic heterocycles. The van der Waals surface area contributed by atoms with E-state index in [2.05, 4.69) is 6.58 Å². The highest BCUT2D eigenvalue weighted by Gasteiger charge is 2.18. The smallest absolute Gasteiger partial charge is 0.293 e. The molecule has 0 aliphatic carbocycles. The quantitative estimate of drug-likeness (QED) is 0.425. The fourth-order valence-corrected chi connectivity index (χ4v) is 0.221. The van der Waals surface area contributed by atoms with E-state index in [1.54, 1.807) is 13.8 Å². The molecular formula is C7H12O2. The Hall–Kier alpha value is -0.790.